The predicted molar refractivity (Wildman–Crippen MR) is 116 cm³/mol. The molecule has 162 valence electrons. The van der Waals surface area contributed by atoms with Crippen LogP contribution < -0.4 is 5.32 Å². The minimum Gasteiger partial charge on any atom is -0.352 e. The lowest BCUT2D eigenvalue weighted by Crippen LogP contribution is -2.40. The molecule has 0 unspecified atom stereocenters. The summed E-state index contributed by atoms with van der Waals surface area (Å²) in [5.41, 5.74) is 1.54. The second-order valence-electron chi connectivity index (χ2n) is 7.52. The predicted octanol–water partition coefficient (Wildman–Crippen LogP) is 4.71. The van der Waals surface area contributed by atoms with Crippen LogP contribution in [0.25, 0.3) is 11.4 Å². The van der Waals surface area contributed by atoms with E-state index in [4.69, 9.17) is 27.7 Å². The van der Waals surface area contributed by atoms with Gasteiger partial charge in [0.2, 0.25) is 17.6 Å². The van der Waals surface area contributed by atoms with Crippen molar-refractivity contribution >= 4 is 29.1 Å². The van der Waals surface area contributed by atoms with Crippen LogP contribution >= 0.6 is 23.2 Å². The number of aromatic nitrogens is 2. The van der Waals surface area contributed by atoms with E-state index in [-0.39, 0.29) is 17.6 Å². The Morgan fingerprint density at radius 1 is 1.16 bits per heavy atom. The molecule has 2 heterocycles. The number of nitrogens with one attached hydrogen (secondary N) is 1. The number of halogens is 3. The van der Waals surface area contributed by atoms with Crippen molar-refractivity contribution in [2.24, 2.45) is 5.92 Å². The van der Waals surface area contributed by atoms with Crippen molar-refractivity contribution in [2.45, 2.75) is 25.9 Å². The van der Waals surface area contributed by atoms with Crippen LogP contribution in [0.3, 0.4) is 0 Å². The van der Waals surface area contributed by atoms with Crippen molar-refractivity contribution in [1.29, 1.82) is 0 Å². The monoisotopic (exact) mass is 462 g/mol. The summed E-state index contributed by atoms with van der Waals surface area (Å²) in [4.78, 5) is 19.1. The van der Waals surface area contributed by atoms with E-state index in [0.717, 1.165) is 31.5 Å². The number of amides is 1. The van der Waals surface area contributed by atoms with E-state index >= 15 is 0 Å². The summed E-state index contributed by atoms with van der Waals surface area (Å²) in [6.07, 6.45) is 1.50. The molecule has 0 atom stereocenters. The number of rotatable bonds is 6. The maximum Gasteiger partial charge on any atom is 0.241 e. The average molecular weight is 463 g/mol. The largest absolute Gasteiger partial charge is 0.352 e. The molecule has 1 aliphatic rings. The number of nitrogens with zero attached hydrogens (tertiary/aromatic N) is 3. The summed E-state index contributed by atoms with van der Waals surface area (Å²) in [5, 5.41) is 8.05. The first-order chi connectivity index (χ1) is 15.0. The van der Waals surface area contributed by atoms with E-state index in [1.54, 1.807) is 24.3 Å². The Labute approximate surface area is 189 Å². The molecule has 3 aromatic rings. The highest BCUT2D eigenvalue weighted by atomic mass is 35.5. The zero-order chi connectivity index (χ0) is 21.8. The zero-order valence-corrected chi connectivity index (χ0v) is 18.2. The Morgan fingerprint density at radius 3 is 2.61 bits per heavy atom. The third-order valence-electron chi connectivity index (χ3n) is 5.36. The van der Waals surface area contributed by atoms with E-state index in [1.165, 1.54) is 12.1 Å². The highest BCUT2D eigenvalue weighted by Gasteiger charge is 2.26. The van der Waals surface area contributed by atoms with Crippen molar-refractivity contribution in [2.75, 3.05) is 13.1 Å². The van der Waals surface area contributed by atoms with Gasteiger partial charge in [-0.2, -0.15) is 4.98 Å². The first-order valence-electron chi connectivity index (χ1n) is 10.0. The smallest absolute Gasteiger partial charge is 0.241 e. The molecule has 0 spiro atoms. The molecule has 1 amide bonds. The SMILES string of the molecule is O=C(NCc1ccc(Cl)cc1Cl)C1CCN(Cc2nc(-c3ccc(F)cc3)no2)CC1. The van der Waals surface area contributed by atoms with Gasteiger partial charge in [-0.15, -0.1) is 0 Å². The Hall–Kier alpha value is -2.48. The average Bonchev–Trinajstić information content (AvgIpc) is 3.22. The van der Waals surface area contributed by atoms with Crippen molar-refractivity contribution in [3.63, 3.8) is 0 Å². The summed E-state index contributed by atoms with van der Waals surface area (Å²) in [6, 6.07) is 11.2. The molecular formula is C22H21Cl2FN4O2. The van der Waals surface area contributed by atoms with Crippen LogP contribution in [0.15, 0.2) is 47.0 Å². The van der Waals surface area contributed by atoms with Gasteiger partial charge in [0.15, 0.2) is 0 Å². The van der Waals surface area contributed by atoms with Crippen LogP contribution in [0, 0.1) is 11.7 Å². The summed E-state index contributed by atoms with van der Waals surface area (Å²) in [7, 11) is 0. The minimum atomic E-state index is -0.310. The molecule has 31 heavy (non-hydrogen) atoms. The lowest BCUT2D eigenvalue weighted by molar-refractivity contribution is -0.126. The first kappa shape index (κ1) is 21.7. The molecule has 1 fully saturated rings. The maximum atomic E-state index is 13.1. The van der Waals surface area contributed by atoms with E-state index < -0.39 is 0 Å². The molecule has 2 aromatic carbocycles. The molecule has 0 radical (unpaired) electrons. The second-order valence-corrected chi connectivity index (χ2v) is 8.37. The van der Waals surface area contributed by atoms with E-state index in [9.17, 15) is 9.18 Å². The molecular weight excluding hydrogens is 442 g/mol. The molecule has 9 heteroatoms. The van der Waals surface area contributed by atoms with Gasteiger partial charge in [-0.1, -0.05) is 34.4 Å². The van der Waals surface area contributed by atoms with Gasteiger partial charge in [-0.25, -0.2) is 4.39 Å². The van der Waals surface area contributed by atoms with E-state index in [0.29, 0.717) is 40.4 Å². The molecule has 1 N–H and O–H groups in total. The molecule has 0 aliphatic carbocycles. The number of likely N-dealkylation sites (tertiary alicyclic amines) is 1. The van der Waals surface area contributed by atoms with Gasteiger partial charge in [0.1, 0.15) is 5.82 Å². The van der Waals surface area contributed by atoms with Gasteiger partial charge < -0.3 is 9.84 Å². The Bertz CT molecular complexity index is 1050. The Kier molecular flexibility index (Phi) is 6.85. The number of hydrogen-bond donors (Lipinski definition) is 1. The summed E-state index contributed by atoms with van der Waals surface area (Å²) in [6.45, 7) is 2.41. The number of piperidine rings is 1. The fraction of sp³-hybridized carbons (Fsp3) is 0.318. The number of hydrogen-bond acceptors (Lipinski definition) is 5. The normalized spacial score (nSPS) is 15.2. The van der Waals surface area contributed by atoms with Gasteiger partial charge in [0.25, 0.3) is 0 Å². The van der Waals surface area contributed by atoms with Gasteiger partial charge >= 0.3 is 0 Å². The lowest BCUT2D eigenvalue weighted by atomic mass is 9.96. The summed E-state index contributed by atoms with van der Waals surface area (Å²) in [5.74, 6) is 0.613. The molecule has 1 aromatic heterocycles. The third-order valence-corrected chi connectivity index (χ3v) is 5.94. The van der Waals surface area contributed by atoms with Gasteiger partial charge in [-0.05, 0) is 67.9 Å². The lowest BCUT2D eigenvalue weighted by Gasteiger charge is -2.30. The minimum absolute atomic E-state index is 0.0297. The first-order valence-corrected chi connectivity index (χ1v) is 10.8. The van der Waals surface area contributed by atoms with Crippen molar-refractivity contribution in [1.82, 2.24) is 20.4 Å². The number of benzene rings is 2. The van der Waals surface area contributed by atoms with E-state index in [2.05, 4.69) is 20.4 Å². The molecule has 4 rings (SSSR count). The topological polar surface area (TPSA) is 71.3 Å². The molecule has 6 nitrogen and oxygen atoms in total. The van der Waals surface area contributed by atoms with E-state index in [1.807, 2.05) is 6.07 Å². The van der Waals surface area contributed by atoms with Crippen molar-refractivity contribution in [3.05, 3.63) is 69.8 Å². The number of carbonyl (C=O) groups is 1. The van der Waals surface area contributed by atoms with Crippen LogP contribution in [-0.4, -0.2) is 34.0 Å². The highest BCUT2D eigenvalue weighted by molar-refractivity contribution is 6.35. The van der Waals surface area contributed by atoms with Gasteiger partial charge in [-0.3, -0.25) is 9.69 Å². The Balaban J connectivity index is 1.25. The van der Waals surface area contributed by atoms with Gasteiger partial charge in [0.05, 0.1) is 6.54 Å². The molecule has 0 saturated carbocycles. The Morgan fingerprint density at radius 2 is 1.90 bits per heavy atom. The van der Waals surface area contributed by atoms with Crippen LogP contribution in [0.2, 0.25) is 10.0 Å². The molecule has 0 bridgehead atoms. The fourth-order valence-electron chi connectivity index (χ4n) is 3.57. The summed E-state index contributed by atoms with van der Waals surface area (Å²) < 4.78 is 18.4. The quantitative estimate of drug-likeness (QED) is 0.574. The summed E-state index contributed by atoms with van der Waals surface area (Å²) >= 11 is 12.1. The fourth-order valence-corrected chi connectivity index (χ4v) is 4.05. The second kappa shape index (κ2) is 9.77. The number of carbonyl (C=O) groups excluding carboxylic acids is 1. The van der Waals surface area contributed by atoms with Gasteiger partial charge in [0, 0.05) is 28.1 Å². The molecule has 1 aliphatic heterocycles. The molecule has 1 saturated heterocycles. The van der Waals surface area contributed by atoms with Crippen LogP contribution in [0.4, 0.5) is 4.39 Å². The standard InChI is InChI=1S/C22H21Cl2FN4O2/c23-17-4-1-16(19(24)11-17)12-26-22(30)15-7-9-29(10-8-15)13-20-27-21(28-31-20)14-2-5-18(25)6-3-14/h1-6,11,15H,7-10,12-13H2,(H,26,30). The van der Waals surface area contributed by atoms with Crippen molar-refractivity contribution < 1.29 is 13.7 Å². The van der Waals surface area contributed by atoms with Crippen LogP contribution in [0.1, 0.15) is 24.3 Å². The zero-order valence-electron chi connectivity index (χ0n) is 16.7. The third kappa shape index (κ3) is 5.61. The van der Waals surface area contributed by atoms with Crippen LogP contribution in [-0.2, 0) is 17.9 Å². The highest BCUT2D eigenvalue weighted by Crippen LogP contribution is 2.23. The van der Waals surface area contributed by atoms with Crippen molar-refractivity contribution in [3.8, 4) is 11.4 Å². The maximum absolute atomic E-state index is 13.1. The van der Waals surface area contributed by atoms with Crippen LogP contribution in [0.5, 0.6) is 0 Å².